The maximum Gasteiger partial charge on any atom is 0.197 e. The van der Waals surface area contributed by atoms with Crippen LogP contribution in [0.5, 0.6) is 0 Å². The van der Waals surface area contributed by atoms with Gasteiger partial charge in [0.05, 0.1) is 52.0 Å². The standard InChI is InChI=1S/C32H16N2O4/c35-31-17-7-5-13-27-29(17)33(21-9-1-3-11-25(21)37-27)23-16-24-20(15-19(23)31)32(36)18-8-6-14-28-30(18)34(24)22-10-2-4-12-26(22)38-28/h1-16H/i1D,2D,3D,4D,5D,6D,7D,8D,9D,10D,11D,12D,13D,14D. The fourth-order valence-corrected chi connectivity index (χ4v) is 5.21. The lowest BCUT2D eigenvalue weighted by Gasteiger charge is -2.17. The monoisotopic (exact) mass is 506 g/mol. The van der Waals surface area contributed by atoms with Crippen molar-refractivity contribution in [3.05, 3.63) is 117 Å². The van der Waals surface area contributed by atoms with Crippen LogP contribution >= 0.6 is 0 Å². The van der Waals surface area contributed by atoms with Crippen LogP contribution in [0.4, 0.5) is 0 Å². The molecule has 0 fully saturated rings. The van der Waals surface area contributed by atoms with Crippen LogP contribution in [0.3, 0.4) is 0 Å². The fourth-order valence-electron chi connectivity index (χ4n) is 5.21. The molecule has 0 saturated carbocycles. The van der Waals surface area contributed by atoms with Crippen molar-refractivity contribution >= 4 is 77.0 Å². The van der Waals surface area contributed by atoms with Crippen LogP contribution in [-0.4, -0.2) is 8.80 Å². The minimum Gasteiger partial charge on any atom is -0.453 e. The molecular formula is C32H16N2O4. The van der Waals surface area contributed by atoms with Crippen LogP contribution in [-0.2, 0) is 0 Å². The van der Waals surface area contributed by atoms with Gasteiger partial charge in [0.15, 0.2) is 33.2 Å². The van der Waals surface area contributed by atoms with Crippen molar-refractivity contribution in [2.24, 2.45) is 0 Å². The van der Waals surface area contributed by atoms with Crippen molar-refractivity contribution in [2.75, 3.05) is 0 Å². The summed E-state index contributed by atoms with van der Waals surface area (Å²) < 4.78 is 134. The smallest absolute Gasteiger partial charge is 0.197 e. The molecule has 178 valence electrons. The first-order chi connectivity index (χ1) is 24.5. The molecule has 9 rings (SSSR count). The number of hydrogen-bond donors (Lipinski definition) is 0. The summed E-state index contributed by atoms with van der Waals surface area (Å²) in [5.74, 6) is 0. The van der Waals surface area contributed by atoms with Crippen molar-refractivity contribution in [3.63, 3.8) is 0 Å². The van der Waals surface area contributed by atoms with E-state index in [0.717, 1.165) is 6.07 Å². The summed E-state index contributed by atoms with van der Waals surface area (Å²) in [6, 6.07) is -7.04. The van der Waals surface area contributed by atoms with Gasteiger partial charge in [-0.25, -0.2) is 0 Å². The zero-order valence-corrected chi connectivity index (χ0v) is 18.7. The maximum absolute atomic E-state index is 14.4. The van der Waals surface area contributed by atoms with Crippen LogP contribution < -0.4 is 10.9 Å². The minimum absolute atomic E-state index is 0.149. The number of fused-ring (bicyclic) bond motifs is 8. The maximum atomic E-state index is 14.4. The molecule has 0 aliphatic rings. The Morgan fingerprint density at radius 3 is 1.42 bits per heavy atom. The van der Waals surface area contributed by atoms with E-state index >= 15 is 0 Å². The molecule has 4 heterocycles. The van der Waals surface area contributed by atoms with E-state index in [9.17, 15) is 9.59 Å². The van der Waals surface area contributed by atoms with Crippen LogP contribution in [0, 0.1) is 0 Å². The van der Waals surface area contributed by atoms with E-state index in [4.69, 9.17) is 28.0 Å². The molecule has 0 bridgehead atoms. The summed E-state index contributed by atoms with van der Waals surface area (Å²) >= 11 is 0. The zero-order valence-electron chi connectivity index (χ0n) is 32.7. The van der Waals surface area contributed by atoms with Crippen LogP contribution in [0.2, 0.25) is 0 Å². The lowest BCUT2D eigenvalue weighted by molar-refractivity contribution is 0.655. The number of pyridine rings is 2. The first-order valence-electron chi connectivity index (χ1n) is 18.2. The number of nitrogens with zero attached hydrogens (tertiary/aromatic N) is 2. The summed E-state index contributed by atoms with van der Waals surface area (Å²) in [4.78, 5) is 28.8. The van der Waals surface area contributed by atoms with Gasteiger partial charge in [-0.05, 0) is 60.5 Å². The van der Waals surface area contributed by atoms with Gasteiger partial charge >= 0.3 is 0 Å². The van der Waals surface area contributed by atoms with E-state index in [1.54, 1.807) is 0 Å². The van der Waals surface area contributed by atoms with E-state index in [-0.39, 0.29) is 43.9 Å². The minimum atomic E-state index is -0.908. The van der Waals surface area contributed by atoms with Crippen molar-refractivity contribution < 1.29 is 28.0 Å². The molecule has 0 aliphatic heterocycles. The van der Waals surface area contributed by atoms with E-state index < -0.39 is 129 Å². The summed E-state index contributed by atoms with van der Waals surface area (Å²) in [5, 5.41) is -1.49. The average molecular weight is 507 g/mol. The summed E-state index contributed by atoms with van der Waals surface area (Å²) in [6.07, 6.45) is 0. The third-order valence-corrected chi connectivity index (χ3v) is 6.74. The molecule has 0 N–H and O–H groups in total. The predicted molar refractivity (Wildman–Crippen MR) is 150 cm³/mol. The second-order valence-corrected chi connectivity index (χ2v) is 8.63. The molecular weight excluding hydrogens is 476 g/mol. The van der Waals surface area contributed by atoms with Gasteiger partial charge in [0.25, 0.3) is 0 Å². The third-order valence-electron chi connectivity index (χ3n) is 6.74. The van der Waals surface area contributed by atoms with Crippen molar-refractivity contribution in [3.8, 4) is 0 Å². The topological polar surface area (TPSA) is 69.2 Å². The van der Waals surface area contributed by atoms with Crippen LogP contribution in [0.1, 0.15) is 19.2 Å². The van der Waals surface area contributed by atoms with E-state index in [1.165, 1.54) is 14.9 Å². The molecule has 38 heavy (non-hydrogen) atoms. The summed E-state index contributed by atoms with van der Waals surface area (Å²) in [7, 11) is 0. The molecule has 4 aromatic heterocycles. The highest BCUT2D eigenvalue weighted by molar-refractivity contribution is 6.10. The van der Waals surface area contributed by atoms with Gasteiger partial charge in [0.2, 0.25) is 0 Å². The van der Waals surface area contributed by atoms with Gasteiger partial charge < -0.3 is 17.6 Å². The Balaban J connectivity index is 1.73. The molecule has 0 atom stereocenters. The van der Waals surface area contributed by atoms with Gasteiger partial charge in [-0.2, -0.15) is 0 Å². The van der Waals surface area contributed by atoms with E-state index in [0.29, 0.717) is 0 Å². The third kappa shape index (κ3) is 2.28. The number of para-hydroxylation sites is 6. The first-order valence-corrected chi connectivity index (χ1v) is 11.2. The Hall–Kier alpha value is -5.36. The van der Waals surface area contributed by atoms with Gasteiger partial charge in [-0.3, -0.25) is 9.59 Å². The Morgan fingerprint density at radius 2 is 0.921 bits per heavy atom. The predicted octanol–water partition coefficient (Wildman–Crippen LogP) is 7.02. The first kappa shape index (κ1) is 10.9. The van der Waals surface area contributed by atoms with Crippen molar-refractivity contribution in [1.82, 2.24) is 8.80 Å². The Kier molecular flexibility index (Phi) is 1.93. The molecule has 9 aromatic rings. The Morgan fingerprint density at radius 1 is 0.474 bits per heavy atom. The van der Waals surface area contributed by atoms with Crippen molar-refractivity contribution in [1.29, 1.82) is 0 Å². The highest BCUT2D eigenvalue weighted by Gasteiger charge is 2.20. The van der Waals surface area contributed by atoms with Crippen molar-refractivity contribution in [2.45, 2.75) is 0 Å². The highest BCUT2D eigenvalue weighted by Crippen LogP contribution is 2.33. The molecule has 0 radical (unpaired) electrons. The molecule has 0 aliphatic carbocycles. The fraction of sp³-hybridized carbons (Fsp3) is 0. The van der Waals surface area contributed by atoms with E-state index in [2.05, 4.69) is 0 Å². The molecule has 0 amide bonds. The Labute approximate surface area is 231 Å². The second-order valence-electron chi connectivity index (χ2n) is 8.63. The summed E-state index contributed by atoms with van der Waals surface area (Å²) in [5.41, 5.74) is -5.09. The summed E-state index contributed by atoms with van der Waals surface area (Å²) in [6.45, 7) is 0. The normalized spacial score (nSPS) is 17.6. The molecule has 0 unspecified atom stereocenters. The molecule has 6 nitrogen and oxygen atoms in total. The molecule has 0 spiro atoms. The van der Waals surface area contributed by atoms with Gasteiger partial charge in [-0.1, -0.05) is 36.3 Å². The van der Waals surface area contributed by atoms with Gasteiger partial charge in [0.1, 0.15) is 11.0 Å². The molecule has 0 saturated heterocycles. The average Bonchev–Trinajstić information content (AvgIpc) is 3.13. The lowest BCUT2D eigenvalue weighted by Crippen LogP contribution is -2.12. The molecule has 6 heteroatoms. The number of rotatable bonds is 0. The quantitative estimate of drug-likeness (QED) is 0.164. The SMILES string of the molecule is [2H]c1c([2H])c([2H])c2c(oc3c([2H])c([2H])c([2H])c4c(=O)c5cc6c(=O)c7c([2H])c([2H])c([2H])c8oc9c([2H])c([2H])c([2H])c([2H])c9n(c6cc5n2c34)c87)c1[2H]. The largest absolute Gasteiger partial charge is 0.453 e. The second kappa shape index (κ2) is 6.69. The number of hydrogen-bond acceptors (Lipinski definition) is 4. The Bertz CT molecular complexity index is 3180. The zero-order chi connectivity index (χ0) is 37.3. The van der Waals surface area contributed by atoms with Crippen LogP contribution in [0.15, 0.2) is 115 Å². The molecule has 5 aromatic carbocycles. The van der Waals surface area contributed by atoms with Gasteiger partial charge in [0, 0.05) is 10.8 Å². The van der Waals surface area contributed by atoms with E-state index in [1.807, 2.05) is 0 Å². The van der Waals surface area contributed by atoms with Gasteiger partial charge in [-0.15, -0.1) is 0 Å². The lowest BCUT2D eigenvalue weighted by atomic mass is 10.0. The number of aromatic nitrogens is 2. The number of benzene rings is 5. The highest BCUT2D eigenvalue weighted by atomic mass is 16.3. The van der Waals surface area contributed by atoms with Crippen LogP contribution in [0.25, 0.3) is 77.0 Å².